The standard InChI is InChI=1S/C12H23N/c1-10-4-6-11(7-5-10)12(13)8-2-3-9-12/h10-11H,2-9,13H2,1H3. The fourth-order valence-corrected chi connectivity index (χ4v) is 3.28. The summed E-state index contributed by atoms with van der Waals surface area (Å²) in [5, 5.41) is 0. The maximum atomic E-state index is 6.48. The molecular formula is C12H23N. The Labute approximate surface area is 82.1 Å². The van der Waals surface area contributed by atoms with E-state index in [1.807, 2.05) is 0 Å². The Morgan fingerprint density at radius 1 is 1.00 bits per heavy atom. The molecule has 1 heteroatoms. The highest BCUT2D eigenvalue weighted by molar-refractivity contribution is 4.96. The molecule has 2 N–H and O–H groups in total. The molecule has 0 aromatic carbocycles. The monoisotopic (exact) mass is 181 g/mol. The van der Waals surface area contributed by atoms with Gasteiger partial charge < -0.3 is 5.73 Å². The normalized spacial score (nSPS) is 39.2. The van der Waals surface area contributed by atoms with Crippen molar-refractivity contribution in [2.45, 2.75) is 63.8 Å². The van der Waals surface area contributed by atoms with Crippen LogP contribution in [0, 0.1) is 11.8 Å². The summed E-state index contributed by atoms with van der Waals surface area (Å²) in [4.78, 5) is 0. The third-order valence-electron chi connectivity index (χ3n) is 4.36. The van der Waals surface area contributed by atoms with E-state index in [2.05, 4.69) is 6.92 Å². The number of hydrogen-bond acceptors (Lipinski definition) is 1. The Morgan fingerprint density at radius 2 is 1.54 bits per heavy atom. The van der Waals surface area contributed by atoms with Gasteiger partial charge in [-0.05, 0) is 37.5 Å². The van der Waals surface area contributed by atoms with Gasteiger partial charge in [0.2, 0.25) is 0 Å². The molecule has 0 aromatic rings. The van der Waals surface area contributed by atoms with E-state index in [-0.39, 0.29) is 5.54 Å². The van der Waals surface area contributed by atoms with Crippen molar-refractivity contribution in [1.82, 2.24) is 0 Å². The van der Waals surface area contributed by atoms with Gasteiger partial charge in [0.15, 0.2) is 0 Å². The molecule has 2 rings (SSSR count). The molecule has 0 unspecified atom stereocenters. The molecule has 76 valence electrons. The summed E-state index contributed by atoms with van der Waals surface area (Å²) in [7, 11) is 0. The molecule has 0 saturated heterocycles. The molecule has 2 aliphatic carbocycles. The second-order valence-electron chi connectivity index (χ2n) is 5.40. The molecular weight excluding hydrogens is 158 g/mol. The zero-order chi connectivity index (χ0) is 9.31. The zero-order valence-electron chi connectivity index (χ0n) is 8.89. The van der Waals surface area contributed by atoms with E-state index in [1.54, 1.807) is 0 Å². The van der Waals surface area contributed by atoms with E-state index in [0.29, 0.717) is 0 Å². The smallest absolute Gasteiger partial charge is 0.0182 e. The predicted octanol–water partition coefficient (Wildman–Crippen LogP) is 3.08. The molecule has 0 bridgehead atoms. The van der Waals surface area contributed by atoms with Crippen molar-refractivity contribution < 1.29 is 0 Å². The Kier molecular flexibility index (Phi) is 2.64. The quantitative estimate of drug-likeness (QED) is 0.661. The third-order valence-corrected chi connectivity index (χ3v) is 4.36. The zero-order valence-corrected chi connectivity index (χ0v) is 8.89. The highest BCUT2D eigenvalue weighted by atomic mass is 14.8. The van der Waals surface area contributed by atoms with Crippen molar-refractivity contribution in [2.75, 3.05) is 0 Å². The topological polar surface area (TPSA) is 26.0 Å². The molecule has 0 atom stereocenters. The summed E-state index contributed by atoms with van der Waals surface area (Å²) in [5.74, 6) is 1.81. The van der Waals surface area contributed by atoms with Crippen LogP contribution in [0.2, 0.25) is 0 Å². The van der Waals surface area contributed by atoms with E-state index in [4.69, 9.17) is 5.73 Å². The van der Waals surface area contributed by atoms with Gasteiger partial charge in [0.1, 0.15) is 0 Å². The van der Waals surface area contributed by atoms with Crippen LogP contribution in [-0.4, -0.2) is 5.54 Å². The second-order valence-corrected chi connectivity index (χ2v) is 5.40. The van der Waals surface area contributed by atoms with E-state index >= 15 is 0 Å². The lowest BCUT2D eigenvalue weighted by molar-refractivity contribution is 0.182. The van der Waals surface area contributed by atoms with Gasteiger partial charge in [-0.1, -0.05) is 32.6 Å². The van der Waals surface area contributed by atoms with Crippen molar-refractivity contribution in [3.8, 4) is 0 Å². The number of rotatable bonds is 1. The first kappa shape index (κ1) is 9.51. The minimum atomic E-state index is 0.250. The summed E-state index contributed by atoms with van der Waals surface area (Å²) in [5.41, 5.74) is 6.73. The SMILES string of the molecule is CC1CCC(C2(N)CCCC2)CC1. The maximum Gasteiger partial charge on any atom is 0.0182 e. The first-order valence-electron chi connectivity index (χ1n) is 5.99. The molecule has 1 nitrogen and oxygen atoms in total. The van der Waals surface area contributed by atoms with Gasteiger partial charge in [-0.2, -0.15) is 0 Å². The molecule has 0 heterocycles. The van der Waals surface area contributed by atoms with Crippen molar-refractivity contribution in [3.63, 3.8) is 0 Å². The van der Waals surface area contributed by atoms with Crippen LogP contribution in [0.1, 0.15) is 58.3 Å². The van der Waals surface area contributed by atoms with Gasteiger partial charge in [0, 0.05) is 5.54 Å². The van der Waals surface area contributed by atoms with E-state index in [1.165, 1.54) is 51.4 Å². The van der Waals surface area contributed by atoms with Crippen LogP contribution in [0.15, 0.2) is 0 Å². The first-order valence-corrected chi connectivity index (χ1v) is 5.99. The lowest BCUT2D eigenvalue weighted by atomic mass is 9.72. The van der Waals surface area contributed by atoms with Gasteiger partial charge in [-0.15, -0.1) is 0 Å². The molecule has 0 spiro atoms. The van der Waals surface area contributed by atoms with Crippen molar-refractivity contribution in [1.29, 1.82) is 0 Å². The molecule has 2 fully saturated rings. The van der Waals surface area contributed by atoms with Gasteiger partial charge in [-0.3, -0.25) is 0 Å². The fourth-order valence-electron chi connectivity index (χ4n) is 3.28. The number of hydrogen-bond donors (Lipinski definition) is 1. The lowest BCUT2D eigenvalue weighted by Gasteiger charge is -2.38. The Balaban J connectivity index is 1.93. The van der Waals surface area contributed by atoms with Crippen LogP contribution in [0.5, 0.6) is 0 Å². The third kappa shape index (κ3) is 1.90. The van der Waals surface area contributed by atoms with E-state index in [0.717, 1.165) is 11.8 Å². The van der Waals surface area contributed by atoms with Crippen LogP contribution >= 0.6 is 0 Å². The van der Waals surface area contributed by atoms with Crippen molar-refractivity contribution in [2.24, 2.45) is 17.6 Å². The molecule has 0 radical (unpaired) electrons. The predicted molar refractivity (Wildman–Crippen MR) is 56.5 cm³/mol. The summed E-state index contributed by atoms with van der Waals surface area (Å²) in [6.45, 7) is 2.38. The highest BCUT2D eigenvalue weighted by Gasteiger charge is 2.38. The molecule has 2 aliphatic rings. The Hall–Kier alpha value is -0.0400. The van der Waals surface area contributed by atoms with Crippen LogP contribution < -0.4 is 5.73 Å². The van der Waals surface area contributed by atoms with Crippen LogP contribution in [0.3, 0.4) is 0 Å². The fraction of sp³-hybridized carbons (Fsp3) is 1.00. The van der Waals surface area contributed by atoms with Gasteiger partial charge in [-0.25, -0.2) is 0 Å². The Bertz CT molecular complexity index is 162. The van der Waals surface area contributed by atoms with Gasteiger partial charge in [0.25, 0.3) is 0 Å². The lowest BCUT2D eigenvalue weighted by Crippen LogP contribution is -2.45. The van der Waals surface area contributed by atoms with Crippen molar-refractivity contribution >= 4 is 0 Å². The molecule has 2 saturated carbocycles. The minimum absolute atomic E-state index is 0.250. The molecule has 0 aromatic heterocycles. The van der Waals surface area contributed by atoms with E-state index < -0.39 is 0 Å². The van der Waals surface area contributed by atoms with Gasteiger partial charge >= 0.3 is 0 Å². The summed E-state index contributed by atoms with van der Waals surface area (Å²) in [6.07, 6.45) is 11.0. The minimum Gasteiger partial charge on any atom is -0.325 e. The largest absolute Gasteiger partial charge is 0.325 e. The summed E-state index contributed by atoms with van der Waals surface area (Å²) < 4.78 is 0. The van der Waals surface area contributed by atoms with Crippen LogP contribution in [0.4, 0.5) is 0 Å². The second kappa shape index (κ2) is 3.61. The Morgan fingerprint density at radius 3 is 2.08 bits per heavy atom. The van der Waals surface area contributed by atoms with Gasteiger partial charge in [0.05, 0.1) is 0 Å². The highest BCUT2D eigenvalue weighted by Crippen LogP contribution is 2.42. The van der Waals surface area contributed by atoms with Crippen LogP contribution in [-0.2, 0) is 0 Å². The van der Waals surface area contributed by atoms with Crippen molar-refractivity contribution in [3.05, 3.63) is 0 Å². The van der Waals surface area contributed by atoms with Crippen LogP contribution in [0.25, 0.3) is 0 Å². The average Bonchev–Trinajstić information content (AvgIpc) is 2.54. The summed E-state index contributed by atoms with van der Waals surface area (Å²) in [6, 6.07) is 0. The molecule has 0 amide bonds. The molecule has 0 aliphatic heterocycles. The number of nitrogens with two attached hydrogens (primary N) is 1. The average molecular weight is 181 g/mol. The molecule has 13 heavy (non-hydrogen) atoms. The van der Waals surface area contributed by atoms with E-state index in [9.17, 15) is 0 Å². The maximum absolute atomic E-state index is 6.48. The first-order chi connectivity index (χ1) is 6.21. The summed E-state index contributed by atoms with van der Waals surface area (Å²) >= 11 is 0.